The fourth-order valence-electron chi connectivity index (χ4n) is 3.53. The minimum atomic E-state index is -5.18. The lowest BCUT2D eigenvalue weighted by molar-refractivity contribution is 0.203. The van der Waals surface area contributed by atoms with Crippen LogP contribution in [-0.4, -0.2) is 62.5 Å². The molecule has 202 valence electrons. The number of aromatic nitrogens is 12. The monoisotopic (exact) mass is 567 g/mol. The fourth-order valence-corrected chi connectivity index (χ4v) is 5.11. The Hall–Kier alpha value is -6.19. The predicted molar refractivity (Wildman–Crippen MR) is 136 cm³/mol. The Kier molecular flexibility index (Phi) is 5.25. The van der Waals surface area contributed by atoms with Gasteiger partial charge in [0, 0.05) is 37.2 Å². The molecule has 0 aliphatic rings. The second kappa shape index (κ2) is 8.69. The highest BCUT2D eigenvalue weighted by Crippen LogP contribution is 2.20. The number of nitrogen functional groups attached to an aromatic ring is 3. The molecule has 0 radical (unpaired) electrons. The average molecular weight is 567 g/mol. The van der Waals surface area contributed by atoms with Crippen LogP contribution in [0, 0.1) is 0 Å². The van der Waals surface area contributed by atoms with Crippen molar-refractivity contribution in [2.45, 2.75) is 0 Å². The quantitative estimate of drug-likeness (QED) is 0.143. The number of hydrogen-bond donors (Lipinski definition) is 4. The first-order chi connectivity index (χ1) is 19.2. The molecule has 6 aromatic rings. The van der Waals surface area contributed by atoms with E-state index in [9.17, 15) is 18.6 Å². The third-order valence-corrected chi connectivity index (χ3v) is 6.75. The van der Waals surface area contributed by atoms with Crippen LogP contribution in [-0.2, 0) is 10.7 Å². The van der Waals surface area contributed by atoms with Crippen molar-refractivity contribution in [3.63, 3.8) is 0 Å². The zero-order valence-electron chi connectivity index (χ0n) is 19.5. The van der Waals surface area contributed by atoms with Gasteiger partial charge < -0.3 is 17.2 Å². The maximum Gasteiger partial charge on any atom is 0.302 e. The molecule has 0 amide bonds. The van der Waals surface area contributed by atoms with Gasteiger partial charge in [-0.15, -0.1) is 9.46 Å². The van der Waals surface area contributed by atoms with Crippen LogP contribution in [0.2, 0.25) is 0 Å². The van der Waals surface area contributed by atoms with E-state index in [1.165, 1.54) is 31.0 Å². The van der Waals surface area contributed by atoms with Gasteiger partial charge in [0.25, 0.3) is 10.7 Å². The number of nitrogens with zero attached hydrogens (tertiary/aromatic N) is 12. The summed E-state index contributed by atoms with van der Waals surface area (Å²) in [7, 11) is -5.18. The maximum atomic E-state index is 14.8. The molecule has 6 aromatic heterocycles. The highest BCUT2D eigenvalue weighted by atomic mass is 32.3. The third kappa shape index (κ3) is 3.66. The molecular formula is C18H13N15O6S. The van der Waals surface area contributed by atoms with Gasteiger partial charge in [0.2, 0.25) is 29.1 Å². The van der Waals surface area contributed by atoms with Gasteiger partial charge in [-0.2, -0.15) is 23.1 Å². The largest absolute Gasteiger partial charge is 0.368 e. The lowest BCUT2D eigenvalue weighted by Gasteiger charge is -2.30. The Morgan fingerprint density at radius 2 is 0.900 bits per heavy atom. The summed E-state index contributed by atoms with van der Waals surface area (Å²) in [6.45, 7) is 0. The molecule has 0 bridgehead atoms. The Morgan fingerprint density at radius 1 is 0.550 bits per heavy atom. The van der Waals surface area contributed by atoms with E-state index >= 15 is 0 Å². The SMILES string of the molecule is Nc1nc(=O)c2nccnc2n1O[SH](=O)(On1c(N)nc(=O)c2nccnc21)n1c(N)nc(=O)c2nccnc21. The van der Waals surface area contributed by atoms with Crippen molar-refractivity contribution >= 4 is 62.0 Å². The summed E-state index contributed by atoms with van der Waals surface area (Å²) in [5, 5.41) is 0. The topological polar surface area (TPSA) is 296 Å². The van der Waals surface area contributed by atoms with E-state index in [4.69, 9.17) is 25.8 Å². The van der Waals surface area contributed by atoms with E-state index < -0.39 is 50.9 Å². The van der Waals surface area contributed by atoms with E-state index in [2.05, 4.69) is 44.9 Å². The lowest BCUT2D eigenvalue weighted by Crippen LogP contribution is -2.46. The Labute approximate surface area is 218 Å². The van der Waals surface area contributed by atoms with Crippen molar-refractivity contribution < 1.29 is 12.8 Å². The normalized spacial score (nSPS) is 12.1. The molecule has 6 heterocycles. The van der Waals surface area contributed by atoms with Crippen LogP contribution < -0.4 is 42.4 Å². The number of rotatable bonds is 5. The lowest BCUT2D eigenvalue weighted by atomic mass is 10.5. The summed E-state index contributed by atoms with van der Waals surface area (Å²) >= 11 is 0. The average Bonchev–Trinajstić information content (AvgIpc) is 2.93. The number of nitrogens with two attached hydrogens (primary N) is 3. The Balaban J connectivity index is 1.69. The van der Waals surface area contributed by atoms with Gasteiger partial charge in [0.15, 0.2) is 22.2 Å². The number of hydrogen-bond acceptors (Lipinski definition) is 18. The molecule has 0 fully saturated rings. The first kappa shape index (κ1) is 24.2. The minimum Gasteiger partial charge on any atom is -0.368 e. The molecular weight excluding hydrogens is 554 g/mol. The summed E-state index contributed by atoms with van der Waals surface area (Å²) in [5.41, 5.74) is 13.1. The van der Waals surface area contributed by atoms with Crippen molar-refractivity contribution in [1.29, 1.82) is 0 Å². The third-order valence-electron chi connectivity index (χ3n) is 5.13. The number of thiol groups is 1. The zero-order chi connectivity index (χ0) is 28.2. The molecule has 0 aliphatic carbocycles. The van der Waals surface area contributed by atoms with E-state index in [0.29, 0.717) is 13.4 Å². The molecule has 0 saturated heterocycles. The van der Waals surface area contributed by atoms with Crippen LogP contribution in [0.4, 0.5) is 17.8 Å². The van der Waals surface area contributed by atoms with Crippen molar-refractivity contribution in [3.05, 3.63) is 68.2 Å². The zero-order valence-corrected chi connectivity index (χ0v) is 20.4. The predicted octanol–water partition coefficient (Wildman–Crippen LogP) is -4.20. The van der Waals surface area contributed by atoms with Gasteiger partial charge in [-0.3, -0.25) is 23.0 Å². The van der Waals surface area contributed by atoms with Crippen LogP contribution >= 0.6 is 0 Å². The summed E-state index contributed by atoms with van der Waals surface area (Å²) in [6.07, 6.45) is 7.12. The van der Waals surface area contributed by atoms with Crippen LogP contribution in [0.3, 0.4) is 0 Å². The highest BCUT2D eigenvalue weighted by Gasteiger charge is 2.31. The fraction of sp³-hybridized carbons (Fsp3) is 0. The Bertz CT molecular complexity index is 2130. The van der Waals surface area contributed by atoms with Gasteiger partial charge in [0.1, 0.15) is 0 Å². The minimum absolute atomic E-state index is 0.320. The Morgan fingerprint density at radius 3 is 1.35 bits per heavy atom. The highest BCUT2D eigenvalue weighted by molar-refractivity contribution is 7.93. The van der Waals surface area contributed by atoms with Gasteiger partial charge in [-0.1, -0.05) is 0 Å². The molecule has 0 aromatic carbocycles. The molecule has 0 unspecified atom stereocenters. The summed E-state index contributed by atoms with van der Waals surface area (Å²) in [5.74, 6) is -1.99. The van der Waals surface area contributed by atoms with Gasteiger partial charge in [-0.25, -0.2) is 29.9 Å². The smallest absolute Gasteiger partial charge is 0.302 e. The summed E-state index contributed by atoms with van der Waals surface area (Å²) < 4.78 is 28.0. The molecule has 6 N–H and O–H groups in total. The van der Waals surface area contributed by atoms with Crippen LogP contribution in [0.15, 0.2) is 51.6 Å². The van der Waals surface area contributed by atoms with Gasteiger partial charge >= 0.3 is 16.7 Å². The summed E-state index contributed by atoms with van der Waals surface area (Å²) in [4.78, 5) is 71.7. The molecule has 22 heteroatoms. The molecule has 0 atom stereocenters. The van der Waals surface area contributed by atoms with E-state index in [1.54, 1.807) is 0 Å². The van der Waals surface area contributed by atoms with Crippen molar-refractivity contribution in [1.82, 2.24) is 58.3 Å². The van der Waals surface area contributed by atoms with Gasteiger partial charge in [-0.05, 0) is 0 Å². The van der Waals surface area contributed by atoms with Crippen LogP contribution in [0.5, 0.6) is 0 Å². The van der Waals surface area contributed by atoms with Gasteiger partial charge in [0.05, 0.1) is 0 Å². The maximum absolute atomic E-state index is 14.8. The molecule has 40 heavy (non-hydrogen) atoms. The van der Waals surface area contributed by atoms with E-state index in [0.717, 1.165) is 6.20 Å². The second-order valence-electron chi connectivity index (χ2n) is 7.54. The molecule has 0 saturated carbocycles. The molecule has 6 rings (SSSR count). The summed E-state index contributed by atoms with van der Waals surface area (Å²) in [6, 6.07) is 0. The van der Waals surface area contributed by atoms with Crippen molar-refractivity contribution in [2.24, 2.45) is 0 Å². The van der Waals surface area contributed by atoms with Crippen molar-refractivity contribution in [2.75, 3.05) is 17.2 Å². The van der Waals surface area contributed by atoms with Crippen LogP contribution in [0.25, 0.3) is 33.5 Å². The molecule has 21 nitrogen and oxygen atoms in total. The number of anilines is 3. The second-order valence-corrected chi connectivity index (χ2v) is 9.21. The van der Waals surface area contributed by atoms with Crippen LogP contribution in [0.1, 0.15) is 0 Å². The number of fused-ring (bicyclic) bond motifs is 3. The van der Waals surface area contributed by atoms with E-state index in [-0.39, 0.29) is 27.8 Å². The molecule has 0 spiro atoms. The first-order valence-corrected chi connectivity index (χ1v) is 12.2. The standard InChI is InChI=1S/C18H13N15O6S/c19-16-28-13(34)7-10(25-4-1-22-7)31(16)38-40(37,33-12-9(24-3-6-27-12)15(36)30-18(33)21)39-32-11-8(23-2-5-26-11)14(35)29-17(32)20/h1-6,40H,(H2,19,28,34)(H2,20,29,35)(H2,21,30,36). The van der Waals surface area contributed by atoms with Crippen molar-refractivity contribution in [3.8, 4) is 0 Å². The van der Waals surface area contributed by atoms with E-state index in [1.807, 2.05) is 0 Å². The first-order valence-electron chi connectivity index (χ1n) is 10.7. The molecule has 0 aliphatic heterocycles.